The van der Waals surface area contributed by atoms with Gasteiger partial charge in [-0.3, -0.25) is 0 Å². The molecule has 0 radical (unpaired) electrons. The molecule has 0 saturated heterocycles. The number of nitrogens with zero attached hydrogens (tertiary/aromatic N) is 1. The van der Waals surface area contributed by atoms with Gasteiger partial charge in [0.25, 0.3) is 0 Å². The molecule has 1 saturated carbocycles. The maximum Gasteiger partial charge on any atom is 0.168 e. The normalized spacial score (nSPS) is 16.9. The van der Waals surface area contributed by atoms with Crippen LogP contribution in [0.4, 0.5) is 20.4 Å². The summed E-state index contributed by atoms with van der Waals surface area (Å²) in [4.78, 5) is 3.65. The average Bonchev–Trinajstić information content (AvgIpc) is 2.67. The first-order valence-electron chi connectivity index (χ1n) is 5.05. The van der Waals surface area contributed by atoms with E-state index in [9.17, 15) is 8.78 Å². The number of aromatic nitrogens is 1. The van der Waals surface area contributed by atoms with Crippen LogP contribution in [0.2, 0.25) is 0 Å². The van der Waals surface area contributed by atoms with E-state index in [0.29, 0.717) is 0 Å². The van der Waals surface area contributed by atoms with Gasteiger partial charge in [0.2, 0.25) is 0 Å². The van der Waals surface area contributed by atoms with E-state index in [1.54, 1.807) is 0 Å². The van der Waals surface area contributed by atoms with Crippen LogP contribution in [0.5, 0.6) is 0 Å². The molecule has 3 nitrogen and oxygen atoms in total. The van der Waals surface area contributed by atoms with Crippen molar-refractivity contribution in [1.82, 2.24) is 4.98 Å². The topological polar surface area (TPSA) is 50.9 Å². The first kappa shape index (κ1) is 10.1. The van der Waals surface area contributed by atoms with Crippen molar-refractivity contribution < 1.29 is 8.78 Å². The van der Waals surface area contributed by atoms with Gasteiger partial charge in [-0.1, -0.05) is 12.8 Å². The van der Waals surface area contributed by atoms with E-state index in [4.69, 9.17) is 5.73 Å². The predicted molar refractivity (Wildman–Crippen MR) is 54.4 cm³/mol. The van der Waals surface area contributed by atoms with Crippen LogP contribution in [0.3, 0.4) is 0 Å². The summed E-state index contributed by atoms with van der Waals surface area (Å²) in [5.41, 5.74) is 5.27. The Labute approximate surface area is 86.7 Å². The van der Waals surface area contributed by atoms with E-state index in [0.717, 1.165) is 31.7 Å². The Kier molecular flexibility index (Phi) is 2.70. The first-order chi connectivity index (χ1) is 7.16. The minimum atomic E-state index is -0.815. The predicted octanol–water partition coefficient (Wildman–Crippen LogP) is 2.30. The first-order valence-corrected chi connectivity index (χ1v) is 5.05. The molecule has 0 aliphatic heterocycles. The zero-order valence-electron chi connectivity index (χ0n) is 8.26. The second-order valence-electron chi connectivity index (χ2n) is 3.81. The van der Waals surface area contributed by atoms with Gasteiger partial charge >= 0.3 is 0 Å². The maximum absolute atomic E-state index is 13.3. The molecule has 0 spiro atoms. The number of pyridine rings is 1. The summed E-state index contributed by atoms with van der Waals surface area (Å²) in [6.07, 6.45) is 4.27. The van der Waals surface area contributed by atoms with E-state index in [1.807, 2.05) is 0 Å². The summed E-state index contributed by atoms with van der Waals surface area (Å²) in [6.45, 7) is 0. The standard InChI is InChI=1S/C10H13F2N3/c11-7-5-8(12)10(15-9(7)13)14-6-3-1-2-4-6/h5-6H,1-4H2,(H3,13,14,15). The number of halogens is 2. The summed E-state index contributed by atoms with van der Waals surface area (Å²) in [5, 5.41) is 2.94. The highest BCUT2D eigenvalue weighted by molar-refractivity contribution is 5.45. The smallest absolute Gasteiger partial charge is 0.168 e. The molecule has 0 bridgehead atoms. The van der Waals surface area contributed by atoms with Crippen LogP contribution in [0.15, 0.2) is 6.07 Å². The zero-order chi connectivity index (χ0) is 10.8. The van der Waals surface area contributed by atoms with Gasteiger partial charge in [0, 0.05) is 12.1 Å². The molecule has 0 unspecified atom stereocenters. The van der Waals surface area contributed by atoms with Crippen molar-refractivity contribution in [3.63, 3.8) is 0 Å². The Balaban J connectivity index is 2.16. The lowest BCUT2D eigenvalue weighted by Crippen LogP contribution is -2.17. The second-order valence-corrected chi connectivity index (χ2v) is 3.81. The van der Waals surface area contributed by atoms with E-state index >= 15 is 0 Å². The highest BCUT2D eigenvalue weighted by Gasteiger charge is 2.18. The molecular formula is C10H13F2N3. The number of nitrogens with one attached hydrogen (secondary N) is 1. The van der Waals surface area contributed by atoms with Crippen LogP contribution in [-0.2, 0) is 0 Å². The van der Waals surface area contributed by atoms with Crippen LogP contribution >= 0.6 is 0 Å². The number of hydrogen-bond donors (Lipinski definition) is 2. The van der Waals surface area contributed by atoms with Crippen molar-refractivity contribution in [1.29, 1.82) is 0 Å². The van der Waals surface area contributed by atoms with E-state index in [-0.39, 0.29) is 17.7 Å². The molecule has 15 heavy (non-hydrogen) atoms. The fourth-order valence-corrected chi connectivity index (χ4v) is 1.85. The molecule has 1 aliphatic carbocycles. The van der Waals surface area contributed by atoms with Crippen LogP contribution in [0, 0.1) is 11.6 Å². The SMILES string of the molecule is Nc1nc(NC2CCCC2)c(F)cc1F. The second kappa shape index (κ2) is 4.00. The lowest BCUT2D eigenvalue weighted by atomic mass is 10.2. The average molecular weight is 213 g/mol. The van der Waals surface area contributed by atoms with Crippen molar-refractivity contribution in [3.8, 4) is 0 Å². The molecule has 1 aromatic heterocycles. The number of nitrogens with two attached hydrogens (primary N) is 1. The van der Waals surface area contributed by atoms with E-state index < -0.39 is 11.6 Å². The zero-order valence-corrected chi connectivity index (χ0v) is 8.26. The van der Waals surface area contributed by atoms with Crippen LogP contribution in [-0.4, -0.2) is 11.0 Å². The van der Waals surface area contributed by atoms with Gasteiger partial charge in [0.1, 0.15) is 0 Å². The molecule has 1 aromatic rings. The molecule has 82 valence electrons. The number of nitrogen functional groups attached to an aromatic ring is 1. The summed E-state index contributed by atoms with van der Waals surface area (Å²) in [5.74, 6) is -1.71. The molecule has 0 aromatic carbocycles. The number of anilines is 2. The maximum atomic E-state index is 13.3. The molecule has 2 rings (SSSR count). The third-order valence-electron chi connectivity index (χ3n) is 2.65. The Morgan fingerprint density at radius 1 is 1.27 bits per heavy atom. The fraction of sp³-hybridized carbons (Fsp3) is 0.500. The van der Waals surface area contributed by atoms with E-state index in [1.165, 1.54) is 0 Å². The summed E-state index contributed by atoms with van der Waals surface area (Å²) in [7, 11) is 0. The Morgan fingerprint density at radius 3 is 2.60 bits per heavy atom. The highest BCUT2D eigenvalue weighted by Crippen LogP contribution is 2.24. The minimum absolute atomic E-state index is 0.0563. The lowest BCUT2D eigenvalue weighted by molar-refractivity contribution is 0.576. The monoisotopic (exact) mass is 213 g/mol. The molecule has 0 amide bonds. The van der Waals surface area contributed by atoms with Crippen molar-refractivity contribution in [2.75, 3.05) is 11.1 Å². The van der Waals surface area contributed by atoms with Gasteiger partial charge in [0.15, 0.2) is 23.3 Å². The van der Waals surface area contributed by atoms with Crippen LogP contribution in [0.25, 0.3) is 0 Å². The molecule has 0 atom stereocenters. The van der Waals surface area contributed by atoms with Crippen molar-refractivity contribution in [2.45, 2.75) is 31.7 Å². The molecule has 3 N–H and O–H groups in total. The quantitative estimate of drug-likeness (QED) is 0.792. The van der Waals surface area contributed by atoms with Gasteiger partial charge in [-0.25, -0.2) is 13.8 Å². The van der Waals surface area contributed by atoms with Gasteiger partial charge in [0.05, 0.1) is 0 Å². The number of rotatable bonds is 2. The van der Waals surface area contributed by atoms with Gasteiger partial charge < -0.3 is 11.1 Å². The Morgan fingerprint density at radius 2 is 1.93 bits per heavy atom. The number of hydrogen-bond acceptors (Lipinski definition) is 3. The highest BCUT2D eigenvalue weighted by atomic mass is 19.1. The molecule has 1 heterocycles. The third kappa shape index (κ3) is 2.16. The Hall–Kier alpha value is -1.39. The largest absolute Gasteiger partial charge is 0.381 e. The van der Waals surface area contributed by atoms with Gasteiger partial charge in [-0.15, -0.1) is 0 Å². The van der Waals surface area contributed by atoms with Crippen LogP contribution in [0.1, 0.15) is 25.7 Å². The van der Waals surface area contributed by atoms with Gasteiger partial charge in [-0.2, -0.15) is 0 Å². The van der Waals surface area contributed by atoms with Crippen LogP contribution < -0.4 is 11.1 Å². The van der Waals surface area contributed by atoms with Crippen molar-refractivity contribution in [3.05, 3.63) is 17.7 Å². The minimum Gasteiger partial charge on any atom is -0.381 e. The van der Waals surface area contributed by atoms with Gasteiger partial charge in [-0.05, 0) is 12.8 Å². The molecule has 5 heteroatoms. The van der Waals surface area contributed by atoms with Crippen molar-refractivity contribution >= 4 is 11.6 Å². The van der Waals surface area contributed by atoms with Crippen molar-refractivity contribution in [2.24, 2.45) is 0 Å². The Bertz CT molecular complexity index is 362. The molecule has 1 fully saturated rings. The summed E-state index contributed by atoms with van der Waals surface area (Å²) < 4.78 is 26.1. The summed E-state index contributed by atoms with van der Waals surface area (Å²) >= 11 is 0. The molecule has 1 aliphatic rings. The lowest BCUT2D eigenvalue weighted by Gasteiger charge is -2.13. The molecular weight excluding hydrogens is 200 g/mol. The van der Waals surface area contributed by atoms with E-state index in [2.05, 4.69) is 10.3 Å². The third-order valence-corrected chi connectivity index (χ3v) is 2.65. The fourth-order valence-electron chi connectivity index (χ4n) is 1.85. The summed E-state index contributed by atoms with van der Waals surface area (Å²) in [6, 6.07) is 0.997.